The van der Waals surface area contributed by atoms with Crippen molar-refractivity contribution in [1.82, 2.24) is 10.3 Å². The molecule has 1 aromatic rings. The summed E-state index contributed by atoms with van der Waals surface area (Å²) in [4.78, 5) is 26.5. The Balaban J connectivity index is 2.69. The molecule has 0 saturated heterocycles. The lowest BCUT2D eigenvalue weighted by molar-refractivity contribution is -0.117. The molecule has 0 saturated carbocycles. The second-order valence-corrected chi connectivity index (χ2v) is 4.28. The van der Waals surface area contributed by atoms with E-state index in [1.807, 2.05) is 6.92 Å². The van der Waals surface area contributed by atoms with E-state index < -0.39 is 5.91 Å². The van der Waals surface area contributed by atoms with Crippen LogP contribution in [0, 0.1) is 0 Å². The SMILES string of the molecule is CCCc1cc(C(=O)NCCC(N)=O)cc(Cl)n1. The van der Waals surface area contributed by atoms with E-state index in [0.717, 1.165) is 18.5 Å². The van der Waals surface area contributed by atoms with E-state index in [1.165, 1.54) is 6.07 Å². The van der Waals surface area contributed by atoms with Gasteiger partial charge in [0.25, 0.3) is 5.91 Å². The van der Waals surface area contributed by atoms with Gasteiger partial charge in [0.05, 0.1) is 0 Å². The zero-order valence-corrected chi connectivity index (χ0v) is 11.0. The van der Waals surface area contributed by atoms with E-state index in [1.54, 1.807) is 6.07 Å². The van der Waals surface area contributed by atoms with E-state index in [4.69, 9.17) is 17.3 Å². The highest BCUT2D eigenvalue weighted by atomic mass is 35.5. The number of carbonyl (C=O) groups excluding carboxylic acids is 2. The molecule has 6 heteroatoms. The lowest BCUT2D eigenvalue weighted by atomic mass is 10.1. The van der Waals surface area contributed by atoms with E-state index in [2.05, 4.69) is 10.3 Å². The third-order valence-corrected chi connectivity index (χ3v) is 2.47. The molecule has 0 aliphatic heterocycles. The van der Waals surface area contributed by atoms with Gasteiger partial charge in [0, 0.05) is 24.2 Å². The zero-order chi connectivity index (χ0) is 13.5. The highest BCUT2D eigenvalue weighted by Gasteiger charge is 2.09. The van der Waals surface area contributed by atoms with Gasteiger partial charge in [-0.05, 0) is 18.6 Å². The summed E-state index contributed by atoms with van der Waals surface area (Å²) in [6.07, 6.45) is 1.81. The number of rotatable bonds is 6. The molecule has 0 aliphatic carbocycles. The van der Waals surface area contributed by atoms with Crippen molar-refractivity contribution in [3.63, 3.8) is 0 Å². The van der Waals surface area contributed by atoms with E-state index in [-0.39, 0.29) is 18.9 Å². The van der Waals surface area contributed by atoms with Crippen LogP contribution in [0.3, 0.4) is 0 Å². The fraction of sp³-hybridized carbons (Fsp3) is 0.417. The molecule has 0 fully saturated rings. The summed E-state index contributed by atoms with van der Waals surface area (Å²) in [5, 5.41) is 2.89. The number of aromatic nitrogens is 1. The quantitative estimate of drug-likeness (QED) is 0.763. The van der Waals surface area contributed by atoms with Gasteiger partial charge in [0.1, 0.15) is 5.15 Å². The van der Waals surface area contributed by atoms with Crippen LogP contribution in [-0.2, 0) is 11.2 Å². The van der Waals surface area contributed by atoms with Gasteiger partial charge in [-0.2, -0.15) is 0 Å². The highest BCUT2D eigenvalue weighted by molar-refractivity contribution is 6.29. The molecule has 2 amide bonds. The van der Waals surface area contributed by atoms with Crippen molar-refractivity contribution in [3.8, 4) is 0 Å². The van der Waals surface area contributed by atoms with Gasteiger partial charge in [0.2, 0.25) is 5.91 Å². The number of pyridine rings is 1. The number of nitrogens with one attached hydrogen (secondary N) is 1. The van der Waals surface area contributed by atoms with Gasteiger partial charge < -0.3 is 11.1 Å². The maximum absolute atomic E-state index is 11.8. The fourth-order valence-corrected chi connectivity index (χ4v) is 1.69. The topological polar surface area (TPSA) is 85.1 Å². The first-order valence-electron chi connectivity index (χ1n) is 5.76. The normalized spacial score (nSPS) is 10.1. The number of amides is 2. The zero-order valence-electron chi connectivity index (χ0n) is 10.2. The van der Waals surface area contributed by atoms with Crippen molar-refractivity contribution in [2.75, 3.05) is 6.54 Å². The summed E-state index contributed by atoms with van der Waals surface area (Å²) in [5.41, 5.74) is 6.21. The van der Waals surface area contributed by atoms with Crippen LogP contribution in [0.25, 0.3) is 0 Å². The fourth-order valence-electron chi connectivity index (χ4n) is 1.47. The van der Waals surface area contributed by atoms with E-state index in [0.29, 0.717) is 10.7 Å². The van der Waals surface area contributed by atoms with Crippen LogP contribution in [0.15, 0.2) is 12.1 Å². The molecular weight excluding hydrogens is 254 g/mol. The molecule has 1 heterocycles. The number of hydrogen-bond donors (Lipinski definition) is 2. The predicted octanol–water partition coefficient (Wildman–Crippen LogP) is 1.29. The number of halogens is 1. The van der Waals surface area contributed by atoms with Crippen molar-refractivity contribution < 1.29 is 9.59 Å². The maximum Gasteiger partial charge on any atom is 0.251 e. The molecule has 0 atom stereocenters. The first kappa shape index (κ1) is 14.4. The van der Waals surface area contributed by atoms with Crippen molar-refractivity contribution >= 4 is 23.4 Å². The molecule has 0 spiro atoms. The Hall–Kier alpha value is -1.62. The summed E-state index contributed by atoms with van der Waals surface area (Å²) in [7, 11) is 0. The van der Waals surface area contributed by atoms with Gasteiger partial charge in [-0.25, -0.2) is 4.98 Å². The van der Waals surface area contributed by atoms with Crippen LogP contribution >= 0.6 is 11.6 Å². The van der Waals surface area contributed by atoms with E-state index in [9.17, 15) is 9.59 Å². The molecular formula is C12H16ClN3O2. The Morgan fingerprint density at radius 2 is 2.17 bits per heavy atom. The van der Waals surface area contributed by atoms with Crippen LogP contribution < -0.4 is 11.1 Å². The number of primary amides is 1. The molecule has 1 rings (SSSR count). The summed E-state index contributed by atoms with van der Waals surface area (Å²) < 4.78 is 0. The first-order chi connectivity index (χ1) is 8.52. The predicted molar refractivity (Wildman–Crippen MR) is 69.4 cm³/mol. The molecule has 18 heavy (non-hydrogen) atoms. The first-order valence-corrected chi connectivity index (χ1v) is 6.13. The minimum absolute atomic E-state index is 0.117. The van der Waals surface area contributed by atoms with Gasteiger partial charge in [-0.15, -0.1) is 0 Å². The Kier molecular flexibility index (Phi) is 5.58. The minimum Gasteiger partial charge on any atom is -0.370 e. The van der Waals surface area contributed by atoms with Crippen LogP contribution in [0.2, 0.25) is 5.15 Å². The second kappa shape index (κ2) is 6.96. The van der Waals surface area contributed by atoms with Crippen molar-refractivity contribution in [2.24, 2.45) is 5.73 Å². The Morgan fingerprint density at radius 1 is 1.44 bits per heavy atom. The molecule has 0 unspecified atom stereocenters. The Labute approximate surface area is 111 Å². The number of hydrogen-bond acceptors (Lipinski definition) is 3. The second-order valence-electron chi connectivity index (χ2n) is 3.89. The summed E-state index contributed by atoms with van der Waals surface area (Å²) in [6.45, 7) is 2.24. The lowest BCUT2D eigenvalue weighted by Crippen LogP contribution is -2.28. The number of nitrogens with two attached hydrogens (primary N) is 1. The molecule has 0 radical (unpaired) electrons. The summed E-state index contributed by atoms with van der Waals surface area (Å²) >= 11 is 5.85. The van der Waals surface area contributed by atoms with Crippen LogP contribution in [-0.4, -0.2) is 23.3 Å². The molecule has 1 aromatic heterocycles. The van der Waals surface area contributed by atoms with Crippen LogP contribution in [0.5, 0.6) is 0 Å². The average molecular weight is 270 g/mol. The monoisotopic (exact) mass is 269 g/mol. The van der Waals surface area contributed by atoms with Gasteiger partial charge in [-0.1, -0.05) is 24.9 Å². The van der Waals surface area contributed by atoms with Gasteiger partial charge in [-0.3, -0.25) is 9.59 Å². The average Bonchev–Trinajstić information content (AvgIpc) is 2.28. The number of nitrogens with zero attached hydrogens (tertiary/aromatic N) is 1. The van der Waals surface area contributed by atoms with Crippen LogP contribution in [0.1, 0.15) is 35.8 Å². The lowest BCUT2D eigenvalue weighted by Gasteiger charge is -2.06. The Bertz CT molecular complexity index is 449. The Morgan fingerprint density at radius 3 is 2.78 bits per heavy atom. The largest absolute Gasteiger partial charge is 0.370 e. The smallest absolute Gasteiger partial charge is 0.251 e. The third-order valence-electron chi connectivity index (χ3n) is 2.27. The van der Waals surface area contributed by atoms with Gasteiger partial charge in [0.15, 0.2) is 0 Å². The number of carbonyl (C=O) groups is 2. The van der Waals surface area contributed by atoms with Crippen molar-refractivity contribution in [2.45, 2.75) is 26.2 Å². The maximum atomic E-state index is 11.8. The molecule has 5 nitrogen and oxygen atoms in total. The number of aryl methyl sites for hydroxylation is 1. The van der Waals surface area contributed by atoms with Crippen molar-refractivity contribution in [1.29, 1.82) is 0 Å². The van der Waals surface area contributed by atoms with E-state index >= 15 is 0 Å². The summed E-state index contributed by atoms with van der Waals surface area (Å²) in [5.74, 6) is -0.729. The van der Waals surface area contributed by atoms with Crippen LogP contribution in [0.4, 0.5) is 0 Å². The molecule has 3 N–H and O–H groups in total. The van der Waals surface area contributed by atoms with Gasteiger partial charge >= 0.3 is 0 Å². The summed E-state index contributed by atoms with van der Waals surface area (Å²) in [6, 6.07) is 3.20. The standard InChI is InChI=1S/C12H16ClN3O2/c1-2-3-9-6-8(7-10(13)16-9)12(18)15-5-4-11(14)17/h6-7H,2-5H2,1H3,(H2,14,17)(H,15,18). The third kappa shape index (κ3) is 4.71. The minimum atomic E-state index is -0.449. The molecule has 98 valence electrons. The molecule has 0 bridgehead atoms. The molecule has 0 aliphatic rings. The van der Waals surface area contributed by atoms with Crippen molar-refractivity contribution in [3.05, 3.63) is 28.5 Å². The highest BCUT2D eigenvalue weighted by Crippen LogP contribution is 2.12. The molecule has 0 aromatic carbocycles.